The molecule has 0 aliphatic heterocycles. The third-order valence-electron chi connectivity index (χ3n) is 8.03. The number of aromatic amines is 2. The van der Waals surface area contributed by atoms with Crippen molar-refractivity contribution in [3.05, 3.63) is 90.1 Å². The molecule has 2 aromatic carbocycles. The number of amides is 5. The van der Waals surface area contributed by atoms with Crippen molar-refractivity contribution >= 4 is 46.4 Å². The Bertz CT molecular complexity index is 1810. The highest BCUT2D eigenvalue weighted by Crippen LogP contribution is 2.19. The Hall–Kier alpha value is -6.23. The minimum absolute atomic E-state index is 0.0159. The Morgan fingerprint density at radius 1 is 0.765 bits per heavy atom. The predicted octanol–water partition coefficient (Wildman–Crippen LogP) is -1.61. The molecule has 0 radical (unpaired) electrons. The molecule has 0 aliphatic carbocycles. The number of guanidine groups is 1. The largest absolute Gasteiger partial charge is 0.387 e. The van der Waals surface area contributed by atoms with Gasteiger partial charge in [0.2, 0.25) is 29.5 Å². The van der Waals surface area contributed by atoms with Gasteiger partial charge in [-0.2, -0.15) is 0 Å². The van der Waals surface area contributed by atoms with Crippen molar-refractivity contribution in [2.75, 3.05) is 13.2 Å². The molecule has 2 heterocycles. The first-order valence-electron chi connectivity index (χ1n) is 16.3. The molecule has 13 N–H and O–H groups in total. The molecule has 2 aromatic heterocycles. The second-order valence-corrected chi connectivity index (χ2v) is 11.8. The SMILES string of the molecule is NC(=O)[C@H](Cc1c[nH]c2ccccc12)NC(=O)[C@H](CCCN=C(N)N)NC(=O)[C@H](Cc1ccccc1)NC(=O)[C@H](Cc1cnc[nH]1)NC(=O)CO. The number of carbonyl (C=O) groups is 5. The van der Waals surface area contributed by atoms with Crippen LogP contribution < -0.4 is 38.5 Å². The van der Waals surface area contributed by atoms with E-state index in [0.717, 1.165) is 16.5 Å². The van der Waals surface area contributed by atoms with Gasteiger partial charge < -0.3 is 53.5 Å². The molecule has 17 heteroatoms. The molecule has 0 unspecified atom stereocenters. The molecular weight excluding hydrogens is 658 g/mol. The molecule has 51 heavy (non-hydrogen) atoms. The van der Waals surface area contributed by atoms with Crippen LogP contribution >= 0.6 is 0 Å². The van der Waals surface area contributed by atoms with Crippen LogP contribution in [0.3, 0.4) is 0 Å². The van der Waals surface area contributed by atoms with Crippen LogP contribution in [0.5, 0.6) is 0 Å². The summed E-state index contributed by atoms with van der Waals surface area (Å²) in [5.74, 6) is -3.83. The molecule has 0 saturated carbocycles. The van der Waals surface area contributed by atoms with Gasteiger partial charge in [0.05, 0.1) is 6.33 Å². The van der Waals surface area contributed by atoms with Gasteiger partial charge in [0, 0.05) is 54.8 Å². The Labute approximate surface area is 293 Å². The summed E-state index contributed by atoms with van der Waals surface area (Å²) in [6.07, 6.45) is 5.05. The van der Waals surface area contributed by atoms with Gasteiger partial charge in [-0.15, -0.1) is 0 Å². The zero-order valence-corrected chi connectivity index (χ0v) is 27.8. The molecule has 4 rings (SSSR count). The predicted molar refractivity (Wildman–Crippen MR) is 188 cm³/mol. The highest BCUT2D eigenvalue weighted by Gasteiger charge is 2.31. The van der Waals surface area contributed by atoms with Gasteiger partial charge in [-0.25, -0.2) is 4.98 Å². The van der Waals surface area contributed by atoms with Crippen LogP contribution in [0, 0.1) is 0 Å². The maximum absolute atomic E-state index is 14.0. The number of nitrogens with one attached hydrogen (secondary N) is 6. The maximum atomic E-state index is 14.0. The summed E-state index contributed by atoms with van der Waals surface area (Å²) in [6, 6.07) is 11.6. The minimum atomic E-state index is -1.22. The number of aliphatic imine (C=N–C) groups is 1. The van der Waals surface area contributed by atoms with E-state index in [1.54, 1.807) is 36.5 Å². The zero-order valence-electron chi connectivity index (χ0n) is 27.8. The van der Waals surface area contributed by atoms with E-state index in [2.05, 4.69) is 41.2 Å². The van der Waals surface area contributed by atoms with Crippen LogP contribution in [0.4, 0.5) is 0 Å². The quantitative estimate of drug-likeness (QED) is 0.0305. The Morgan fingerprint density at radius 3 is 2.08 bits per heavy atom. The fourth-order valence-corrected chi connectivity index (χ4v) is 5.46. The van der Waals surface area contributed by atoms with E-state index in [-0.39, 0.29) is 44.6 Å². The Balaban J connectivity index is 1.56. The number of imidazole rings is 1. The lowest BCUT2D eigenvalue weighted by atomic mass is 10.0. The first-order valence-corrected chi connectivity index (χ1v) is 16.3. The van der Waals surface area contributed by atoms with Crippen molar-refractivity contribution in [2.45, 2.75) is 56.3 Å². The molecule has 4 atom stereocenters. The zero-order chi connectivity index (χ0) is 36.8. The molecule has 17 nitrogen and oxygen atoms in total. The van der Waals surface area contributed by atoms with Gasteiger partial charge >= 0.3 is 0 Å². The molecule has 0 aliphatic rings. The van der Waals surface area contributed by atoms with Crippen molar-refractivity contribution in [1.29, 1.82) is 0 Å². The van der Waals surface area contributed by atoms with Gasteiger partial charge in [-0.05, 0) is 30.0 Å². The number of nitrogens with two attached hydrogens (primary N) is 3. The number of aromatic nitrogens is 3. The lowest BCUT2D eigenvalue weighted by molar-refractivity contribution is -0.134. The van der Waals surface area contributed by atoms with Crippen molar-refractivity contribution in [3.63, 3.8) is 0 Å². The van der Waals surface area contributed by atoms with Crippen LogP contribution in [0.2, 0.25) is 0 Å². The van der Waals surface area contributed by atoms with Crippen LogP contribution in [-0.2, 0) is 43.2 Å². The number of rotatable bonds is 19. The Morgan fingerprint density at radius 2 is 1.41 bits per heavy atom. The van der Waals surface area contributed by atoms with E-state index in [1.807, 2.05) is 24.3 Å². The summed E-state index contributed by atoms with van der Waals surface area (Å²) in [6.45, 7) is -0.704. The van der Waals surface area contributed by atoms with Gasteiger partial charge in [0.15, 0.2) is 5.96 Å². The van der Waals surface area contributed by atoms with E-state index >= 15 is 0 Å². The number of para-hydroxylation sites is 1. The van der Waals surface area contributed by atoms with E-state index in [1.165, 1.54) is 12.5 Å². The van der Waals surface area contributed by atoms with E-state index < -0.39 is 60.3 Å². The van der Waals surface area contributed by atoms with E-state index in [0.29, 0.717) is 11.3 Å². The van der Waals surface area contributed by atoms with Crippen LogP contribution in [0.1, 0.15) is 29.7 Å². The number of hydrogen-bond donors (Lipinski definition) is 10. The standard InChI is InChI=1S/C34H43N11O6/c35-30(48)26(14-21-16-40-24-10-5-4-9-23(21)24)44-31(49)25(11-6-12-39-34(36)37)43-32(50)27(13-20-7-2-1-3-8-20)45-33(51)28(42-29(47)18-46)15-22-17-38-19-41-22/h1-5,7-10,16-17,19,25-28,40,46H,6,11-15,18H2,(H2,35,48)(H,38,41)(H,42,47)(H,43,50)(H,44,49)(H,45,51)(H4,36,37,39)/t25-,26-,27-,28-/m0/s1. The van der Waals surface area contributed by atoms with Crippen molar-refractivity contribution in [1.82, 2.24) is 36.2 Å². The number of fused-ring (bicyclic) bond motifs is 1. The molecule has 0 saturated heterocycles. The number of carbonyl (C=O) groups excluding carboxylic acids is 5. The number of aliphatic hydroxyl groups is 1. The summed E-state index contributed by atoms with van der Waals surface area (Å²) in [7, 11) is 0. The topological polar surface area (TPSA) is 289 Å². The smallest absolute Gasteiger partial charge is 0.246 e. The first kappa shape index (κ1) is 37.6. The summed E-state index contributed by atoms with van der Waals surface area (Å²) in [5.41, 5.74) is 19.5. The van der Waals surface area contributed by atoms with Crippen molar-refractivity contribution in [3.8, 4) is 0 Å². The monoisotopic (exact) mass is 701 g/mol. The highest BCUT2D eigenvalue weighted by atomic mass is 16.3. The number of hydrogen-bond acceptors (Lipinski definition) is 8. The fourth-order valence-electron chi connectivity index (χ4n) is 5.46. The molecular formula is C34H43N11O6. The second-order valence-electron chi connectivity index (χ2n) is 11.8. The van der Waals surface area contributed by atoms with Crippen molar-refractivity contribution in [2.24, 2.45) is 22.2 Å². The molecule has 0 bridgehead atoms. The van der Waals surface area contributed by atoms with E-state index in [9.17, 15) is 29.1 Å². The normalized spacial score (nSPS) is 13.3. The Kier molecular flexibility index (Phi) is 13.6. The van der Waals surface area contributed by atoms with Crippen LogP contribution in [0.15, 0.2) is 78.3 Å². The first-order chi connectivity index (χ1) is 24.5. The third-order valence-corrected chi connectivity index (χ3v) is 8.03. The fraction of sp³-hybridized carbons (Fsp3) is 0.324. The summed E-state index contributed by atoms with van der Waals surface area (Å²) >= 11 is 0. The second kappa shape index (κ2) is 18.5. The van der Waals surface area contributed by atoms with Crippen LogP contribution in [-0.4, -0.2) is 92.9 Å². The molecule has 4 aromatic rings. The van der Waals surface area contributed by atoms with Gasteiger partial charge in [-0.1, -0.05) is 48.5 Å². The number of nitrogens with zero attached hydrogens (tertiary/aromatic N) is 2. The summed E-state index contributed by atoms with van der Waals surface area (Å²) in [5, 5.41) is 20.7. The van der Waals surface area contributed by atoms with Gasteiger partial charge in [-0.3, -0.25) is 29.0 Å². The lowest BCUT2D eigenvalue weighted by Crippen LogP contribution is -2.59. The van der Waals surface area contributed by atoms with Gasteiger partial charge in [0.1, 0.15) is 30.8 Å². The molecule has 270 valence electrons. The maximum Gasteiger partial charge on any atom is 0.246 e. The number of primary amides is 1. The lowest BCUT2D eigenvalue weighted by Gasteiger charge is -2.26. The number of H-pyrrole nitrogens is 2. The average molecular weight is 702 g/mol. The summed E-state index contributed by atoms with van der Waals surface area (Å²) in [4.78, 5) is 79.8. The molecule has 5 amide bonds. The third kappa shape index (κ3) is 11.4. The van der Waals surface area contributed by atoms with E-state index in [4.69, 9.17) is 17.2 Å². The molecule has 0 spiro atoms. The number of benzene rings is 2. The molecule has 0 fully saturated rings. The minimum Gasteiger partial charge on any atom is -0.387 e. The van der Waals surface area contributed by atoms with Crippen LogP contribution in [0.25, 0.3) is 10.9 Å². The van der Waals surface area contributed by atoms with Gasteiger partial charge in [0.25, 0.3) is 0 Å². The van der Waals surface area contributed by atoms with Crippen molar-refractivity contribution < 1.29 is 29.1 Å². The average Bonchev–Trinajstić information content (AvgIpc) is 3.78. The highest BCUT2D eigenvalue weighted by molar-refractivity contribution is 5.96. The summed E-state index contributed by atoms with van der Waals surface area (Å²) < 4.78 is 0. The number of aliphatic hydroxyl groups excluding tert-OH is 1.